The van der Waals surface area contributed by atoms with E-state index in [1.165, 1.54) is 5.56 Å². The number of aryl methyl sites for hydroxylation is 1. The summed E-state index contributed by atoms with van der Waals surface area (Å²) < 4.78 is 5.28. The zero-order valence-electron chi connectivity index (χ0n) is 13.5. The summed E-state index contributed by atoms with van der Waals surface area (Å²) in [5.41, 5.74) is 10.8. The van der Waals surface area contributed by atoms with Crippen LogP contribution in [0.25, 0.3) is 21.3 Å². The molecule has 3 aromatic heterocycles. The van der Waals surface area contributed by atoms with Crippen LogP contribution in [0.4, 0.5) is 5.69 Å². The summed E-state index contributed by atoms with van der Waals surface area (Å²) in [4.78, 5) is 17.1. The van der Waals surface area contributed by atoms with Crippen molar-refractivity contribution in [3.05, 3.63) is 34.7 Å². The summed E-state index contributed by atoms with van der Waals surface area (Å²) in [6.45, 7) is 4.50. The quantitative estimate of drug-likeness (QED) is 0.722. The monoisotopic (exact) mass is 342 g/mol. The van der Waals surface area contributed by atoms with Crippen molar-refractivity contribution in [3.63, 3.8) is 0 Å². The van der Waals surface area contributed by atoms with Crippen molar-refractivity contribution in [1.29, 1.82) is 0 Å². The van der Waals surface area contributed by atoms with Crippen LogP contribution < -0.4 is 5.73 Å². The first-order valence-electron chi connectivity index (χ1n) is 7.87. The van der Waals surface area contributed by atoms with Crippen molar-refractivity contribution in [2.45, 2.75) is 33.1 Å². The van der Waals surface area contributed by atoms with Crippen molar-refractivity contribution in [2.24, 2.45) is 5.41 Å². The van der Waals surface area contributed by atoms with Gasteiger partial charge in [0.2, 0.25) is 0 Å². The molecule has 4 rings (SSSR count). The number of rotatable bonds is 2. The number of pyridine rings is 1. The standard InChI is InChI=1S/C18H18N2O3S/c1-18(2)5-3-11-10(7-18)12(9-4-6-23-8-9)13-14(19)15(17(21)22)24-16(13)20-11/h4,6,8H,3,5,7,19H2,1-2H3,(H,21,22). The number of nitrogens with two attached hydrogens (primary N) is 1. The molecule has 3 heterocycles. The van der Waals surface area contributed by atoms with E-state index in [1.807, 2.05) is 6.07 Å². The fourth-order valence-electron chi connectivity index (χ4n) is 3.54. The SMILES string of the molecule is CC1(C)CCc2nc3sc(C(=O)O)c(N)c3c(-c3ccoc3)c2C1. The Balaban J connectivity index is 2.11. The van der Waals surface area contributed by atoms with E-state index in [2.05, 4.69) is 13.8 Å². The first-order chi connectivity index (χ1) is 11.4. The lowest BCUT2D eigenvalue weighted by Gasteiger charge is -2.32. The van der Waals surface area contributed by atoms with Crippen LogP contribution in [0.3, 0.4) is 0 Å². The van der Waals surface area contributed by atoms with Gasteiger partial charge in [0.05, 0.1) is 18.2 Å². The summed E-state index contributed by atoms with van der Waals surface area (Å²) in [5, 5.41) is 10.2. The molecule has 0 bridgehead atoms. The normalized spacial score (nSPS) is 16.2. The number of aromatic nitrogens is 1. The number of thiophene rings is 1. The van der Waals surface area contributed by atoms with Gasteiger partial charge in [-0.25, -0.2) is 9.78 Å². The first-order valence-corrected chi connectivity index (χ1v) is 8.68. The Hall–Kier alpha value is -2.34. The Labute approximate surface area is 143 Å². The molecule has 0 radical (unpaired) electrons. The van der Waals surface area contributed by atoms with Crippen LogP contribution in [-0.2, 0) is 12.8 Å². The third-order valence-corrected chi connectivity index (χ3v) is 5.85. The molecule has 124 valence electrons. The van der Waals surface area contributed by atoms with E-state index in [9.17, 15) is 9.90 Å². The minimum absolute atomic E-state index is 0.156. The van der Waals surface area contributed by atoms with E-state index >= 15 is 0 Å². The van der Waals surface area contributed by atoms with Crippen LogP contribution in [0.2, 0.25) is 0 Å². The van der Waals surface area contributed by atoms with Crippen LogP contribution in [0.15, 0.2) is 23.0 Å². The van der Waals surface area contributed by atoms with Crippen LogP contribution in [0.5, 0.6) is 0 Å². The Morgan fingerprint density at radius 3 is 2.92 bits per heavy atom. The van der Waals surface area contributed by atoms with Gasteiger partial charge in [0, 0.05) is 22.2 Å². The maximum Gasteiger partial charge on any atom is 0.348 e. The highest BCUT2D eigenvalue weighted by molar-refractivity contribution is 7.21. The number of carboxylic acid groups (broad SMARTS) is 1. The molecule has 0 spiro atoms. The number of carbonyl (C=O) groups is 1. The zero-order valence-corrected chi connectivity index (χ0v) is 14.4. The second kappa shape index (κ2) is 5.08. The molecule has 0 amide bonds. The smallest absolute Gasteiger partial charge is 0.348 e. The largest absolute Gasteiger partial charge is 0.477 e. The van der Waals surface area contributed by atoms with Crippen LogP contribution in [0, 0.1) is 5.41 Å². The van der Waals surface area contributed by atoms with Crippen LogP contribution >= 0.6 is 11.3 Å². The minimum Gasteiger partial charge on any atom is -0.477 e. The molecule has 0 aliphatic heterocycles. The van der Waals surface area contributed by atoms with Crippen molar-refractivity contribution < 1.29 is 14.3 Å². The summed E-state index contributed by atoms with van der Waals surface area (Å²) >= 11 is 1.15. The number of anilines is 1. The number of aromatic carboxylic acids is 1. The van der Waals surface area contributed by atoms with E-state index in [0.717, 1.165) is 52.8 Å². The average molecular weight is 342 g/mol. The zero-order chi connectivity index (χ0) is 17.1. The lowest BCUT2D eigenvalue weighted by atomic mass is 9.74. The van der Waals surface area contributed by atoms with E-state index in [-0.39, 0.29) is 10.3 Å². The molecular formula is C18H18N2O3S. The highest BCUT2D eigenvalue weighted by atomic mass is 32.1. The van der Waals surface area contributed by atoms with E-state index in [1.54, 1.807) is 12.5 Å². The molecule has 1 aliphatic carbocycles. The molecular weight excluding hydrogens is 324 g/mol. The molecule has 5 nitrogen and oxygen atoms in total. The fourth-order valence-corrected chi connectivity index (χ4v) is 4.50. The van der Waals surface area contributed by atoms with Crippen molar-refractivity contribution in [1.82, 2.24) is 4.98 Å². The van der Waals surface area contributed by atoms with Gasteiger partial charge in [-0.1, -0.05) is 13.8 Å². The lowest BCUT2D eigenvalue weighted by Crippen LogP contribution is -2.23. The van der Waals surface area contributed by atoms with Gasteiger partial charge in [-0.3, -0.25) is 0 Å². The van der Waals surface area contributed by atoms with Gasteiger partial charge in [-0.15, -0.1) is 11.3 Å². The Bertz CT molecular complexity index is 955. The number of nitrogens with zero attached hydrogens (tertiary/aromatic N) is 1. The summed E-state index contributed by atoms with van der Waals surface area (Å²) in [5.74, 6) is -1.01. The highest BCUT2D eigenvalue weighted by Crippen LogP contribution is 2.46. The molecule has 0 unspecified atom stereocenters. The van der Waals surface area contributed by atoms with E-state index in [0.29, 0.717) is 10.5 Å². The number of carboxylic acids is 1. The van der Waals surface area contributed by atoms with Gasteiger partial charge in [-0.05, 0) is 36.3 Å². The van der Waals surface area contributed by atoms with Crippen LogP contribution in [-0.4, -0.2) is 16.1 Å². The topological polar surface area (TPSA) is 89.3 Å². The second-order valence-electron chi connectivity index (χ2n) is 7.10. The predicted octanol–water partition coefficient (Wildman–Crippen LogP) is 4.35. The molecule has 0 saturated carbocycles. The molecule has 0 atom stereocenters. The van der Waals surface area contributed by atoms with Gasteiger partial charge in [-0.2, -0.15) is 0 Å². The maximum atomic E-state index is 11.5. The third-order valence-electron chi connectivity index (χ3n) is 4.76. The molecule has 3 aromatic rings. The summed E-state index contributed by atoms with van der Waals surface area (Å²) in [6, 6.07) is 1.90. The molecule has 0 saturated heterocycles. The third kappa shape index (κ3) is 2.21. The molecule has 24 heavy (non-hydrogen) atoms. The highest BCUT2D eigenvalue weighted by Gasteiger charge is 2.31. The van der Waals surface area contributed by atoms with E-state index in [4.69, 9.17) is 15.1 Å². The Morgan fingerprint density at radius 2 is 2.25 bits per heavy atom. The molecule has 1 aliphatic rings. The predicted molar refractivity (Wildman–Crippen MR) is 94.5 cm³/mol. The Kier molecular flexibility index (Phi) is 3.22. The average Bonchev–Trinajstić information content (AvgIpc) is 3.13. The van der Waals surface area contributed by atoms with Gasteiger partial charge in [0.15, 0.2) is 0 Å². The summed E-state index contributed by atoms with van der Waals surface area (Å²) in [7, 11) is 0. The molecule has 0 aromatic carbocycles. The van der Waals surface area contributed by atoms with Crippen molar-refractivity contribution in [3.8, 4) is 11.1 Å². The molecule has 6 heteroatoms. The molecule has 3 N–H and O–H groups in total. The Morgan fingerprint density at radius 1 is 1.46 bits per heavy atom. The van der Waals surface area contributed by atoms with Gasteiger partial charge >= 0.3 is 5.97 Å². The van der Waals surface area contributed by atoms with Crippen molar-refractivity contribution in [2.75, 3.05) is 5.73 Å². The van der Waals surface area contributed by atoms with Gasteiger partial charge in [0.1, 0.15) is 9.71 Å². The number of furan rings is 1. The summed E-state index contributed by atoms with van der Waals surface area (Å²) in [6.07, 6.45) is 6.17. The number of fused-ring (bicyclic) bond motifs is 2. The van der Waals surface area contributed by atoms with Gasteiger partial charge < -0.3 is 15.3 Å². The number of nitrogen functional groups attached to an aromatic ring is 1. The number of hydrogen-bond acceptors (Lipinski definition) is 5. The maximum absolute atomic E-state index is 11.5. The molecule has 0 fully saturated rings. The first kappa shape index (κ1) is 15.2. The van der Waals surface area contributed by atoms with Gasteiger partial charge in [0.25, 0.3) is 0 Å². The lowest BCUT2D eigenvalue weighted by molar-refractivity contribution is 0.0703. The minimum atomic E-state index is -1.01. The second-order valence-corrected chi connectivity index (χ2v) is 8.09. The van der Waals surface area contributed by atoms with Crippen molar-refractivity contribution >= 4 is 33.2 Å². The number of hydrogen-bond donors (Lipinski definition) is 2. The van der Waals surface area contributed by atoms with Crippen LogP contribution in [0.1, 0.15) is 41.2 Å². The fraction of sp³-hybridized carbons (Fsp3) is 0.333. The van der Waals surface area contributed by atoms with E-state index < -0.39 is 5.97 Å².